The molecule has 11 nitrogen and oxygen atoms in total. The van der Waals surface area contributed by atoms with Crippen molar-refractivity contribution < 1.29 is 19.3 Å². The fraction of sp³-hybridized carbons (Fsp3) is 0.395. The van der Waals surface area contributed by atoms with E-state index < -0.39 is 43.7 Å². The van der Waals surface area contributed by atoms with Gasteiger partial charge in [0.1, 0.15) is 6.23 Å². The largest absolute Gasteiger partial charge is 0.390 e. The molecule has 3 aromatic carbocycles. The van der Waals surface area contributed by atoms with Gasteiger partial charge in [0.2, 0.25) is 0 Å². The van der Waals surface area contributed by atoms with E-state index in [2.05, 4.69) is 46.7 Å². The van der Waals surface area contributed by atoms with Gasteiger partial charge < -0.3 is 19.3 Å². The summed E-state index contributed by atoms with van der Waals surface area (Å²) >= 11 is 0. The van der Waals surface area contributed by atoms with Crippen LogP contribution in [0.15, 0.2) is 107 Å². The molecule has 0 amide bonds. The number of aliphatic hydroxyl groups is 1. The SMILES string of the molecule is CC(C)N(C(C)C)P(O)OCCC#N.Cc1cn([C@H]2C[C@H](O)[C@@H](CNC(c3ccccc3)(c3ccccc3)c3ccccc3)O2)c(=O)[nH]c1=O. The Bertz CT molecular complexity index is 1670. The van der Waals surface area contributed by atoms with E-state index in [4.69, 9.17) is 14.5 Å². The topological polar surface area (TPSA) is 153 Å². The zero-order valence-electron chi connectivity index (χ0n) is 29.3. The Morgan fingerprint density at radius 1 is 0.980 bits per heavy atom. The molecule has 4 atom stereocenters. The molecule has 5 rings (SSSR count). The Morgan fingerprint density at radius 3 is 1.94 bits per heavy atom. The van der Waals surface area contributed by atoms with Crippen molar-refractivity contribution in [3.8, 4) is 6.07 Å². The van der Waals surface area contributed by atoms with Crippen molar-refractivity contribution >= 4 is 8.53 Å². The van der Waals surface area contributed by atoms with Gasteiger partial charge in [0.05, 0.1) is 36.8 Å². The highest BCUT2D eigenvalue weighted by atomic mass is 31.2. The minimum atomic E-state index is -1.55. The number of nitrogens with zero attached hydrogens (tertiary/aromatic N) is 3. The molecule has 12 heteroatoms. The molecule has 0 spiro atoms. The van der Waals surface area contributed by atoms with Crippen LogP contribution in [-0.4, -0.2) is 61.7 Å². The zero-order valence-corrected chi connectivity index (χ0v) is 30.2. The van der Waals surface area contributed by atoms with Gasteiger partial charge in [-0.15, -0.1) is 0 Å². The summed E-state index contributed by atoms with van der Waals surface area (Å²) in [6.07, 6.45) is 0.0212. The Labute approximate surface area is 295 Å². The molecular formula is C38H48N5O6P. The second-order valence-electron chi connectivity index (χ2n) is 12.7. The molecular weight excluding hydrogens is 653 g/mol. The van der Waals surface area contributed by atoms with E-state index in [0.29, 0.717) is 25.1 Å². The van der Waals surface area contributed by atoms with Crippen LogP contribution in [0.5, 0.6) is 0 Å². The predicted molar refractivity (Wildman–Crippen MR) is 195 cm³/mol. The maximum absolute atomic E-state index is 12.4. The number of aliphatic hydroxyl groups excluding tert-OH is 1. The third-order valence-corrected chi connectivity index (χ3v) is 10.3. The number of aromatic amines is 1. The van der Waals surface area contributed by atoms with Gasteiger partial charge in [0.25, 0.3) is 14.1 Å². The van der Waals surface area contributed by atoms with Crippen molar-refractivity contribution in [2.45, 2.75) is 83.5 Å². The zero-order chi connectivity index (χ0) is 36.3. The molecule has 2 heterocycles. The number of hydrogen-bond donors (Lipinski definition) is 4. The van der Waals surface area contributed by atoms with Crippen molar-refractivity contribution in [3.05, 3.63) is 140 Å². The van der Waals surface area contributed by atoms with Gasteiger partial charge in [-0.25, -0.2) is 9.46 Å². The molecule has 0 aliphatic carbocycles. The Morgan fingerprint density at radius 2 is 1.48 bits per heavy atom. The highest BCUT2D eigenvalue weighted by molar-refractivity contribution is 7.43. The van der Waals surface area contributed by atoms with Crippen LogP contribution in [-0.2, 0) is 14.8 Å². The second kappa shape index (κ2) is 18.3. The van der Waals surface area contributed by atoms with Gasteiger partial charge >= 0.3 is 5.69 Å². The van der Waals surface area contributed by atoms with Crippen LogP contribution in [0.2, 0.25) is 0 Å². The minimum absolute atomic E-state index is 0.243. The predicted octanol–water partition coefficient (Wildman–Crippen LogP) is 5.33. The quantitative estimate of drug-likeness (QED) is 0.0824. The van der Waals surface area contributed by atoms with Gasteiger partial charge in [-0.1, -0.05) is 91.0 Å². The Balaban J connectivity index is 0.000000341. The first-order chi connectivity index (χ1) is 24.0. The fourth-order valence-electron chi connectivity index (χ4n) is 6.23. The molecule has 50 heavy (non-hydrogen) atoms. The van der Waals surface area contributed by atoms with Crippen molar-refractivity contribution in [2.24, 2.45) is 0 Å². The summed E-state index contributed by atoms with van der Waals surface area (Å²) in [6, 6.07) is 33.0. The number of rotatable bonds is 13. The van der Waals surface area contributed by atoms with Crippen molar-refractivity contribution in [1.29, 1.82) is 5.26 Å². The summed E-state index contributed by atoms with van der Waals surface area (Å²) in [4.78, 5) is 36.2. The van der Waals surface area contributed by atoms with E-state index in [-0.39, 0.29) is 18.5 Å². The van der Waals surface area contributed by atoms with Crippen LogP contribution in [0.3, 0.4) is 0 Å². The average Bonchev–Trinajstić information content (AvgIpc) is 3.48. The van der Waals surface area contributed by atoms with E-state index >= 15 is 0 Å². The van der Waals surface area contributed by atoms with Gasteiger partial charge in [0.15, 0.2) is 0 Å². The van der Waals surface area contributed by atoms with E-state index in [1.54, 1.807) is 6.92 Å². The summed E-state index contributed by atoms with van der Waals surface area (Å²) in [5.41, 5.74) is 1.90. The van der Waals surface area contributed by atoms with Gasteiger partial charge in [-0.3, -0.25) is 19.7 Å². The van der Waals surface area contributed by atoms with Gasteiger partial charge in [-0.2, -0.15) is 5.26 Å². The van der Waals surface area contributed by atoms with Crippen LogP contribution >= 0.6 is 8.53 Å². The first-order valence-corrected chi connectivity index (χ1v) is 18.0. The number of benzene rings is 3. The van der Waals surface area contributed by atoms with Crippen LogP contribution < -0.4 is 16.6 Å². The van der Waals surface area contributed by atoms with E-state index in [1.807, 2.05) is 93.0 Å². The summed E-state index contributed by atoms with van der Waals surface area (Å²) in [5.74, 6) is 0. The molecule has 1 aliphatic rings. The van der Waals surface area contributed by atoms with Crippen LogP contribution in [0, 0.1) is 18.3 Å². The van der Waals surface area contributed by atoms with Crippen LogP contribution in [0.4, 0.5) is 0 Å². The lowest BCUT2D eigenvalue weighted by atomic mass is 9.77. The van der Waals surface area contributed by atoms with Crippen LogP contribution in [0.1, 0.15) is 69.0 Å². The number of aryl methyl sites for hydroxylation is 1. The molecule has 1 saturated heterocycles. The number of hydrogen-bond acceptors (Lipinski definition) is 9. The molecule has 1 fully saturated rings. The summed E-state index contributed by atoms with van der Waals surface area (Å²) in [7, 11) is -1.55. The maximum atomic E-state index is 12.4. The third-order valence-electron chi connectivity index (χ3n) is 8.53. The number of nitrogens with one attached hydrogen (secondary N) is 2. The standard InChI is InChI=1S/C29H29N3O4.C9H19N2O2P/c1-20-19-32(28(35)31-27(20)34)26-17-24(33)25(36-26)18-30-29(21-11-5-2-6-12-21,22-13-7-3-8-14-22)23-15-9-4-10-16-23;1-8(2)11(9(3)4)14(12)13-7-5-6-10/h2-16,19,24-26,30,33H,17-18H2,1H3,(H,31,34,35);8-9,12H,5,7H2,1-4H3/t24-,25+,26+;/m0./s1. The summed E-state index contributed by atoms with van der Waals surface area (Å²) < 4.78 is 14.6. The minimum Gasteiger partial charge on any atom is -0.390 e. The summed E-state index contributed by atoms with van der Waals surface area (Å²) in [5, 5.41) is 22.9. The number of ether oxygens (including phenoxy) is 1. The highest BCUT2D eigenvalue weighted by Crippen LogP contribution is 2.40. The molecule has 266 valence electrons. The summed E-state index contributed by atoms with van der Waals surface area (Å²) in [6.45, 7) is 10.3. The number of aromatic nitrogens is 2. The van der Waals surface area contributed by atoms with Crippen molar-refractivity contribution in [3.63, 3.8) is 0 Å². The maximum Gasteiger partial charge on any atom is 0.330 e. The average molecular weight is 702 g/mol. The smallest absolute Gasteiger partial charge is 0.330 e. The van der Waals surface area contributed by atoms with Gasteiger partial charge in [0, 0.05) is 36.8 Å². The lowest BCUT2D eigenvalue weighted by Gasteiger charge is -2.38. The molecule has 4 N–H and O–H groups in total. The molecule has 1 unspecified atom stereocenters. The number of H-pyrrole nitrogens is 1. The van der Waals surface area contributed by atoms with Crippen molar-refractivity contribution in [1.82, 2.24) is 19.5 Å². The lowest BCUT2D eigenvalue weighted by molar-refractivity contribution is -0.0213. The fourth-order valence-corrected chi connectivity index (χ4v) is 7.40. The highest BCUT2D eigenvalue weighted by Gasteiger charge is 2.40. The molecule has 1 aliphatic heterocycles. The van der Waals surface area contributed by atoms with Gasteiger partial charge in [-0.05, 0) is 51.3 Å². The second-order valence-corrected chi connectivity index (χ2v) is 13.9. The molecule has 0 saturated carbocycles. The molecule has 1 aromatic heterocycles. The first kappa shape index (κ1) is 38.8. The monoisotopic (exact) mass is 701 g/mol. The Kier molecular flexibility index (Phi) is 14.2. The van der Waals surface area contributed by atoms with Crippen LogP contribution in [0.25, 0.3) is 0 Å². The number of nitriles is 1. The van der Waals surface area contributed by atoms with E-state index in [1.165, 1.54) is 10.8 Å². The van der Waals surface area contributed by atoms with E-state index in [9.17, 15) is 19.6 Å². The Hall–Kier alpha value is -3.98. The van der Waals surface area contributed by atoms with Crippen molar-refractivity contribution in [2.75, 3.05) is 13.2 Å². The lowest BCUT2D eigenvalue weighted by Crippen LogP contribution is -2.49. The molecule has 0 bridgehead atoms. The molecule has 0 radical (unpaired) electrons. The van der Waals surface area contributed by atoms with E-state index in [0.717, 1.165) is 16.7 Å². The third kappa shape index (κ3) is 9.42. The normalized spacial score (nSPS) is 18.1. The first-order valence-electron chi connectivity index (χ1n) is 16.8. The molecule has 4 aromatic rings.